The first-order chi connectivity index (χ1) is 11.8. The van der Waals surface area contributed by atoms with Crippen LogP contribution in [0.5, 0.6) is 0 Å². The second-order valence-electron chi connectivity index (χ2n) is 6.32. The van der Waals surface area contributed by atoms with Crippen molar-refractivity contribution in [1.82, 2.24) is 9.80 Å². The molecule has 1 fully saturated rings. The molecule has 1 saturated heterocycles. The van der Waals surface area contributed by atoms with Crippen molar-refractivity contribution in [1.29, 1.82) is 0 Å². The van der Waals surface area contributed by atoms with Crippen LogP contribution in [0.4, 0.5) is 19.3 Å². The zero-order chi connectivity index (χ0) is 18.4. The van der Waals surface area contributed by atoms with E-state index in [0.717, 1.165) is 5.56 Å². The van der Waals surface area contributed by atoms with E-state index in [0.29, 0.717) is 25.3 Å². The van der Waals surface area contributed by atoms with Crippen molar-refractivity contribution in [2.45, 2.75) is 45.6 Å². The van der Waals surface area contributed by atoms with Gasteiger partial charge in [0.25, 0.3) is 0 Å². The van der Waals surface area contributed by atoms with Crippen LogP contribution in [-0.2, 0) is 11.3 Å². The highest BCUT2D eigenvalue weighted by atomic mass is 19.3. The van der Waals surface area contributed by atoms with Gasteiger partial charge in [0, 0.05) is 51.6 Å². The third kappa shape index (κ3) is 5.41. The number of hydrogen-bond acceptors (Lipinski definition) is 2. The smallest absolute Gasteiger partial charge is 0.321 e. The van der Waals surface area contributed by atoms with Crippen LogP contribution in [-0.4, -0.2) is 47.3 Å². The molecule has 7 heteroatoms. The maximum absolute atomic E-state index is 13.5. The number of rotatable bonds is 4. The van der Waals surface area contributed by atoms with Crippen molar-refractivity contribution in [2.24, 2.45) is 0 Å². The normalized spacial score (nSPS) is 16.9. The molecule has 0 atom stereocenters. The van der Waals surface area contributed by atoms with Crippen LogP contribution < -0.4 is 5.32 Å². The summed E-state index contributed by atoms with van der Waals surface area (Å²) in [5, 5.41) is 2.81. The van der Waals surface area contributed by atoms with Gasteiger partial charge in [-0.1, -0.05) is 18.2 Å². The van der Waals surface area contributed by atoms with Gasteiger partial charge in [0.1, 0.15) is 0 Å². The summed E-state index contributed by atoms with van der Waals surface area (Å²) in [6.07, 6.45) is -0.205. The van der Waals surface area contributed by atoms with E-state index >= 15 is 0 Å². The predicted molar refractivity (Wildman–Crippen MR) is 92.6 cm³/mol. The van der Waals surface area contributed by atoms with Crippen molar-refractivity contribution in [3.63, 3.8) is 0 Å². The molecule has 1 aromatic rings. The minimum Gasteiger partial charge on any atom is -0.339 e. The molecule has 1 heterocycles. The molecule has 0 unspecified atom stereocenters. The summed E-state index contributed by atoms with van der Waals surface area (Å²) in [4.78, 5) is 27.2. The van der Waals surface area contributed by atoms with Crippen LogP contribution in [0, 0.1) is 0 Å². The van der Waals surface area contributed by atoms with Gasteiger partial charge in [-0.25, -0.2) is 13.6 Å². The van der Waals surface area contributed by atoms with Gasteiger partial charge in [0.15, 0.2) is 0 Å². The molecule has 0 saturated carbocycles. The van der Waals surface area contributed by atoms with E-state index in [1.54, 1.807) is 17.0 Å². The van der Waals surface area contributed by atoms with E-state index in [4.69, 9.17) is 0 Å². The number of hydrogen-bond donors (Lipinski definition) is 1. The number of benzene rings is 1. The standard InChI is InChI=1S/C18H25F2N3O2/c1-3-22(14(2)24)13-15-7-4-5-8-16(15)21-17(25)23-11-6-9-18(19,20)10-12-23/h4-5,7-8H,3,6,9-13H2,1-2H3,(H,21,25). The number of carbonyl (C=O) groups is 2. The number of para-hydroxylation sites is 1. The van der Waals surface area contributed by atoms with E-state index in [9.17, 15) is 18.4 Å². The average Bonchev–Trinajstić information content (AvgIpc) is 2.74. The Labute approximate surface area is 147 Å². The van der Waals surface area contributed by atoms with E-state index < -0.39 is 5.92 Å². The van der Waals surface area contributed by atoms with Crippen LogP contribution in [0.25, 0.3) is 0 Å². The Bertz CT molecular complexity index is 622. The molecule has 1 aromatic carbocycles. The first-order valence-electron chi connectivity index (χ1n) is 8.59. The topological polar surface area (TPSA) is 52.7 Å². The molecule has 0 aliphatic carbocycles. The van der Waals surface area contributed by atoms with Gasteiger partial charge in [-0.15, -0.1) is 0 Å². The fraction of sp³-hybridized carbons (Fsp3) is 0.556. The van der Waals surface area contributed by atoms with Crippen LogP contribution in [0.15, 0.2) is 24.3 Å². The minimum atomic E-state index is -2.70. The summed E-state index contributed by atoms with van der Waals surface area (Å²) in [7, 11) is 0. The van der Waals surface area contributed by atoms with E-state index in [1.807, 2.05) is 19.1 Å². The molecule has 138 valence electrons. The molecule has 1 aliphatic heterocycles. The monoisotopic (exact) mass is 353 g/mol. The number of alkyl halides is 2. The number of nitrogens with zero attached hydrogens (tertiary/aromatic N) is 2. The summed E-state index contributed by atoms with van der Waals surface area (Å²) >= 11 is 0. The van der Waals surface area contributed by atoms with Crippen molar-refractivity contribution >= 4 is 17.6 Å². The molecular formula is C18H25F2N3O2. The van der Waals surface area contributed by atoms with E-state index in [-0.39, 0.29) is 37.7 Å². The molecule has 0 aromatic heterocycles. The molecule has 5 nitrogen and oxygen atoms in total. The van der Waals surface area contributed by atoms with Crippen molar-refractivity contribution < 1.29 is 18.4 Å². The van der Waals surface area contributed by atoms with Crippen molar-refractivity contribution in [3.8, 4) is 0 Å². The Morgan fingerprint density at radius 2 is 1.96 bits per heavy atom. The Morgan fingerprint density at radius 3 is 2.64 bits per heavy atom. The lowest BCUT2D eigenvalue weighted by molar-refractivity contribution is -0.129. The summed E-state index contributed by atoms with van der Waals surface area (Å²) < 4.78 is 26.9. The number of likely N-dealkylation sites (tertiary alicyclic amines) is 1. The number of amides is 3. The van der Waals surface area contributed by atoms with Crippen LogP contribution in [0.3, 0.4) is 0 Å². The lowest BCUT2D eigenvalue weighted by atomic mass is 10.1. The van der Waals surface area contributed by atoms with Gasteiger partial charge < -0.3 is 15.1 Å². The fourth-order valence-corrected chi connectivity index (χ4v) is 2.89. The maximum Gasteiger partial charge on any atom is 0.321 e. The quantitative estimate of drug-likeness (QED) is 0.897. The Hall–Kier alpha value is -2.18. The molecule has 0 bridgehead atoms. The Morgan fingerprint density at radius 1 is 1.24 bits per heavy atom. The fourth-order valence-electron chi connectivity index (χ4n) is 2.89. The highest BCUT2D eigenvalue weighted by Gasteiger charge is 2.33. The molecule has 3 amide bonds. The highest BCUT2D eigenvalue weighted by Crippen LogP contribution is 2.28. The number of anilines is 1. The number of urea groups is 1. The third-order valence-corrected chi connectivity index (χ3v) is 4.45. The zero-order valence-electron chi connectivity index (χ0n) is 14.7. The zero-order valence-corrected chi connectivity index (χ0v) is 14.7. The number of halogens is 2. The van der Waals surface area contributed by atoms with Gasteiger partial charge in [-0.05, 0) is 25.0 Å². The second kappa shape index (κ2) is 8.27. The van der Waals surface area contributed by atoms with Gasteiger partial charge >= 0.3 is 6.03 Å². The molecule has 1 aliphatic rings. The minimum absolute atomic E-state index is 0.0372. The SMILES string of the molecule is CCN(Cc1ccccc1NC(=O)N1CCCC(F)(F)CC1)C(C)=O. The lowest BCUT2D eigenvalue weighted by Gasteiger charge is -2.24. The lowest BCUT2D eigenvalue weighted by Crippen LogP contribution is -2.36. The van der Waals surface area contributed by atoms with Crippen molar-refractivity contribution in [3.05, 3.63) is 29.8 Å². The summed E-state index contributed by atoms with van der Waals surface area (Å²) in [5.74, 6) is -2.74. The average molecular weight is 353 g/mol. The third-order valence-electron chi connectivity index (χ3n) is 4.45. The molecule has 25 heavy (non-hydrogen) atoms. The molecule has 0 radical (unpaired) electrons. The molecule has 0 spiro atoms. The first kappa shape index (κ1) is 19.1. The van der Waals surface area contributed by atoms with Crippen LogP contribution in [0.2, 0.25) is 0 Å². The maximum atomic E-state index is 13.5. The summed E-state index contributed by atoms with van der Waals surface area (Å²) in [6, 6.07) is 6.85. The van der Waals surface area contributed by atoms with Crippen molar-refractivity contribution in [2.75, 3.05) is 25.0 Å². The summed E-state index contributed by atoms with van der Waals surface area (Å²) in [6.45, 7) is 4.70. The molecule has 2 rings (SSSR count). The Kier molecular flexibility index (Phi) is 6.33. The number of nitrogens with one attached hydrogen (secondary N) is 1. The molecule has 1 N–H and O–H groups in total. The second-order valence-corrected chi connectivity index (χ2v) is 6.32. The first-order valence-corrected chi connectivity index (χ1v) is 8.59. The van der Waals surface area contributed by atoms with Gasteiger partial charge in [0.05, 0.1) is 0 Å². The highest BCUT2D eigenvalue weighted by molar-refractivity contribution is 5.90. The molecular weight excluding hydrogens is 328 g/mol. The van der Waals surface area contributed by atoms with Gasteiger partial charge in [-0.2, -0.15) is 0 Å². The number of carbonyl (C=O) groups excluding carboxylic acids is 2. The Balaban J connectivity index is 2.07. The van der Waals surface area contributed by atoms with Crippen LogP contribution >= 0.6 is 0 Å². The van der Waals surface area contributed by atoms with Gasteiger partial charge in [0.2, 0.25) is 11.8 Å². The van der Waals surface area contributed by atoms with E-state index in [2.05, 4.69) is 5.32 Å². The summed E-state index contributed by atoms with van der Waals surface area (Å²) in [5.41, 5.74) is 1.41. The van der Waals surface area contributed by atoms with E-state index in [1.165, 1.54) is 11.8 Å². The predicted octanol–water partition coefficient (Wildman–Crippen LogP) is 3.71. The largest absolute Gasteiger partial charge is 0.339 e. The van der Waals surface area contributed by atoms with Crippen LogP contribution in [0.1, 0.15) is 38.7 Å². The van der Waals surface area contributed by atoms with Gasteiger partial charge in [-0.3, -0.25) is 4.79 Å².